The number of carbonyl (C=O) groups excluding carboxylic acids is 1. The second kappa shape index (κ2) is 4.97. The number of amides is 1. The van der Waals surface area contributed by atoms with Crippen LogP contribution in [0.25, 0.3) is 0 Å². The minimum absolute atomic E-state index is 0.0926. The lowest BCUT2D eigenvalue weighted by molar-refractivity contribution is -0.116. The highest BCUT2D eigenvalue weighted by molar-refractivity contribution is 7.92. The van der Waals surface area contributed by atoms with E-state index in [4.69, 9.17) is 5.73 Å². The summed E-state index contributed by atoms with van der Waals surface area (Å²) < 4.78 is 23.6. The van der Waals surface area contributed by atoms with Crippen molar-refractivity contribution < 1.29 is 13.2 Å². The van der Waals surface area contributed by atoms with Crippen LogP contribution in [0.3, 0.4) is 0 Å². The van der Waals surface area contributed by atoms with Gasteiger partial charge < -0.3 is 11.1 Å². The van der Waals surface area contributed by atoms with Crippen LogP contribution < -0.4 is 11.1 Å². The van der Waals surface area contributed by atoms with Gasteiger partial charge in [-0.05, 0) is 25.0 Å². The summed E-state index contributed by atoms with van der Waals surface area (Å²) in [5.74, 6) is -0.386. The summed E-state index contributed by atoms with van der Waals surface area (Å²) in [6.07, 6.45) is 1.79. The van der Waals surface area contributed by atoms with Crippen LogP contribution >= 0.6 is 0 Å². The van der Waals surface area contributed by atoms with Gasteiger partial charge >= 0.3 is 0 Å². The third-order valence-electron chi connectivity index (χ3n) is 3.09. The topological polar surface area (TPSA) is 89.3 Å². The van der Waals surface area contributed by atoms with E-state index in [2.05, 4.69) is 5.32 Å². The van der Waals surface area contributed by atoms with Gasteiger partial charge in [-0.2, -0.15) is 0 Å². The van der Waals surface area contributed by atoms with Crippen molar-refractivity contribution in [2.24, 2.45) is 0 Å². The van der Waals surface area contributed by atoms with Gasteiger partial charge in [0.05, 0.1) is 17.1 Å². The van der Waals surface area contributed by atoms with Crippen molar-refractivity contribution in [3.63, 3.8) is 0 Å². The summed E-state index contributed by atoms with van der Waals surface area (Å²) in [5.41, 5.74) is 6.59. The molecule has 0 aromatic heterocycles. The van der Waals surface area contributed by atoms with Gasteiger partial charge in [0.1, 0.15) is 5.25 Å². The second-order valence-electron chi connectivity index (χ2n) is 4.43. The largest absolute Gasteiger partial charge is 0.397 e. The van der Waals surface area contributed by atoms with Gasteiger partial charge in [0, 0.05) is 0 Å². The van der Waals surface area contributed by atoms with Crippen LogP contribution in [0.4, 0.5) is 11.4 Å². The summed E-state index contributed by atoms with van der Waals surface area (Å²) in [7, 11) is -3.31. The molecule has 1 unspecified atom stereocenters. The van der Waals surface area contributed by atoms with Crippen molar-refractivity contribution in [2.75, 3.05) is 16.8 Å². The van der Waals surface area contributed by atoms with Crippen LogP contribution in [0.1, 0.15) is 19.3 Å². The molecule has 0 aliphatic carbocycles. The molecule has 1 heterocycles. The quantitative estimate of drug-likeness (QED) is 0.788. The molecular formula is C12H16N2O3S. The summed E-state index contributed by atoms with van der Waals surface area (Å²) in [6, 6.07) is 6.80. The molecule has 1 aliphatic rings. The lowest BCUT2D eigenvalue weighted by Gasteiger charge is -2.21. The minimum atomic E-state index is -3.31. The Morgan fingerprint density at radius 3 is 2.67 bits per heavy atom. The Labute approximate surface area is 106 Å². The average Bonchev–Trinajstić information content (AvgIpc) is 2.31. The van der Waals surface area contributed by atoms with E-state index in [1.165, 1.54) is 0 Å². The third-order valence-corrected chi connectivity index (χ3v) is 5.26. The Hall–Kier alpha value is -1.56. The predicted molar refractivity (Wildman–Crippen MR) is 70.9 cm³/mol. The highest BCUT2D eigenvalue weighted by atomic mass is 32.2. The van der Waals surface area contributed by atoms with Crippen molar-refractivity contribution in [1.82, 2.24) is 0 Å². The lowest BCUT2D eigenvalue weighted by Crippen LogP contribution is -2.39. The SMILES string of the molecule is Nc1ccccc1NC(=O)C1CCCCS1(=O)=O. The van der Waals surface area contributed by atoms with Gasteiger partial charge in [0.25, 0.3) is 0 Å². The number of nitrogens with one attached hydrogen (secondary N) is 1. The Morgan fingerprint density at radius 1 is 1.28 bits per heavy atom. The van der Waals surface area contributed by atoms with E-state index in [1.807, 2.05) is 0 Å². The van der Waals surface area contributed by atoms with Crippen LogP contribution in [-0.2, 0) is 14.6 Å². The maximum absolute atomic E-state index is 12.0. The fraction of sp³-hybridized carbons (Fsp3) is 0.417. The zero-order chi connectivity index (χ0) is 13.2. The standard InChI is InChI=1S/C12H16N2O3S/c13-9-5-1-2-6-10(9)14-12(15)11-7-3-4-8-18(11,16)17/h1-2,5-6,11H,3-4,7-8,13H2,(H,14,15). The van der Waals surface area contributed by atoms with Crippen molar-refractivity contribution in [2.45, 2.75) is 24.5 Å². The molecule has 0 bridgehead atoms. The maximum atomic E-state index is 12.0. The van der Waals surface area contributed by atoms with Gasteiger partial charge in [0.15, 0.2) is 9.84 Å². The van der Waals surface area contributed by atoms with E-state index < -0.39 is 21.0 Å². The number of rotatable bonds is 2. The molecule has 3 N–H and O–H groups in total. The predicted octanol–water partition coefficient (Wildman–Crippen LogP) is 1.17. The number of hydrogen-bond donors (Lipinski definition) is 2. The Morgan fingerprint density at radius 2 is 2.00 bits per heavy atom. The molecule has 5 nitrogen and oxygen atoms in total. The first-order valence-corrected chi connectivity index (χ1v) is 7.59. The normalized spacial score (nSPS) is 22.3. The average molecular weight is 268 g/mol. The Bertz CT molecular complexity index is 554. The molecule has 18 heavy (non-hydrogen) atoms. The number of anilines is 2. The molecule has 2 rings (SSSR count). The van der Waals surface area contributed by atoms with Gasteiger partial charge in [-0.15, -0.1) is 0 Å². The molecule has 1 saturated heterocycles. The number of hydrogen-bond acceptors (Lipinski definition) is 4. The molecule has 1 aromatic rings. The highest BCUT2D eigenvalue weighted by Crippen LogP contribution is 2.23. The molecule has 1 aliphatic heterocycles. The number of benzene rings is 1. The molecule has 1 amide bonds. The molecule has 1 aromatic carbocycles. The van der Waals surface area contributed by atoms with E-state index >= 15 is 0 Å². The number of para-hydroxylation sites is 2. The summed E-state index contributed by atoms with van der Waals surface area (Å²) in [4.78, 5) is 12.0. The van der Waals surface area contributed by atoms with E-state index in [0.29, 0.717) is 24.2 Å². The zero-order valence-electron chi connectivity index (χ0n) is 9.93. The third kappa shape index (κ3) is 2.64. The molecule has 1 fully saturated rings. The fourth-order valence-corrected chi connectivity index (χ4v) is 3.87. The first-order chi connectivity index (χ1) is 8.50. The Balaban J connectivity index is 2.15. The van der Waals surface area contributed by atoms with Crippen LogP contribution in [0.2, 0.25) is 0 Å². The molecule has 1 atom stereocenters. The van der Waals surface area contributed by atoms with Crippen molar-refractivity contribution in [1.29, 1.82) is 0 Å². The minimum Gasteiger partial charge on any atom is -0.397 e. The van der Waals surface area contributed by atoms with Crippen LogP contribution in [-0.4, -0.2) is 25.3 Å². The fourth-order valence-electron chi connectivity index (χ4n) is 2.07. The highest BCUT2D eigenvalue weighted by Gasteiger charge is 2.34. The van der Waals surface area contributed by atoms with E-state index in [1.54, 1.807) is 24.3 Å². The molecule has 6 heteroatoms. The molecule has 0 radical (unpaired) electrons. The van der Waals surface area contributed by atoms with Crippen LogP contribution in [0.5, 0.6) is 0 Å². The molecule has 0 spiro atoms. The van der Waals surface area contributed by atoms with Gasteiger partial charge in [-0.1, -0.05) is 18.6 Å². The first-order valence-electron chi connectivity index (χ1n) is 5.87. The van der Waals surface area contributed by atoms with E-state index in [-0.39, 0.29) is 5.75 Å². The Kier molecular flexibility index (Phi) is 3.56. The monoisotopic (exact) mass is 268 g/mol. The smallest absolute Gasteiger partial charge is 0.242 e. The number of nitrogen functional groups attached to an aromatic ring is 1. The number of nitrogens with two attached hydrogens (primary N) is 1. The second-order valence-corrected chi connectivity index (χ2v) is 6.73. The van der Waals surface area contributed by atoms with Crippen LogP contribution in [0.15, 0.2) is 24.3 Å². The van der Waals surface area contributed by atoms with Gasteiger partial charge in [-0.25, -0.2) is 8.42 Å². The van der Waals surface area contributed by atoms with Crippen molar-refractivity contribution in [3.8, 4) is 0 Å². The van der Waals surface area contributed by atoms with Gasteiger partial charge in [0.2, 0.25) is 5.91 Å². The summed E-state index contributed by atoms with van der Waals surface area (Å²) in [6.45, 7) is 0. The molecular weight excluding hydrogens is 252 g/mol. The molecule has 0 saturated carbocycles. The van der Waals surface area contributed by atoms with Crippen LogP contribution in [0, 0.1) is 0 Å². The van der Waals surface area contributed by atoms with E-state index in [9.17, 15) is 13.2 Å². The van der Waals surface area contributed by atoms with Crippen molar-refractivity contribution in [3.05, 3.63) is 24.3 Å². The first kappa shape index (κ1) is 12.9. The maximum Gasteiger partial charge on any atom is 0.242 e. The van der Waals surface area contributed by atoms with Gasteiger partial charge in [-0.3, -0.25) is 4.79 Å². The number of sulfone groups is 1. The summed E-state index contributed by atoms with van der Waals surface area (Å²) in [5, 5.41) is 1.65. The zero-order valence-corrected chi connectivity index (χ0v) is 10.7. The number of carbonyl (C=O) groups is 1. The van der Waals surface area contributed by atoms with Crippen molar-refractivity contribution >= 4 is 27.1 Å². The van der Waals surface area contributed by atoms with E-state index in [0.717, 1.165) is 6.42 Å². The lowest BCUT2D eigenvalue weighted by atomic mass is 10.1. The molecule has 98 valence electrons. The summed E-state index contributed by atoms with van der Waals surface area (Å²) >= 11 is 0.